The van der Waals surface area contributed by atoms with Gasteiger partial charge in [-0.3, -0.25) is 4.79 Å². The molecule has 1 aromatic rings. The minimum atomic E-state index is 0.107. The van der Waals surface area contributed by atoms with Gasteiger partial charge < -0.3 is 9.64 Å². The van der Waals surface area contributed by atoms with E-state index in [0.29, 0.717) is 6.61 Å². The summed E-state index contributed by atoms with van der Waals surface area (Å²) in [7, 11) is 1.85. The molecule has 3 nitrogen and oxygen atoms in total. The lowest BCUT2D eigenvalue weighted by molar-refractivity contribution is 0.0716. The summed E-state index contributed by atoms with van der Waals surface area (Å²) in [5.41, 5.74) is 0. The van der Waals surface area contributed by atoms with Crippen molar-refractivity contribution < 1.29 is 9.53 Å². The first-order chi connectivity index (χ1) is 6.79. The third kappa shape index (κ3) is 1.81. The maximum atomic E-state index is 11.9. The molecule has 0 N–H and O–H groups in total. The van der Waals surface area contributed by atoms with Crippen molar-refractivity contribution in [3.05, 3.63) is 22.4 Å². The van der Waals surface area contributed by atoms with E-state index in [-0.39, 0.29) is 11.9 Å². The van der Waals surface area contributed by atoms with E-state index in [0.717, 1.165) is 17.9 Å². The second kappa shape index (κ2) is 4.11. The zero-order valence-corrected chi connectivity index (χ0v) is 8.92. The van der Waals surface area contributed by atoms with E-state index in [2.05, 4.69) is 0 Å². The molecule has 76 valence electrons. The molecule has 14 heavy (non-hydrogen) atoms. The number of ether oxygens (including phenoxy) is 1. The van der Waals surface area contributed by atoms with Gasteiger partial charge in [0.1, 0.15) is 0 Å². The lowest BCUT2D eigenvalue weighted by Crippen LogP contribution is -2.36. The van der Waals surface area contributed by atoms with Gasteiger partial charge in [0.05, 0.1) is 17.5 Å². The second-order valence-electron chi connectivity index (χ2n) is 3.41. The second-order valence-corrected chi connectivity index (χ2v) is 4.36. The van der Waals surface area contributed by atoms with Crippen LogP contribution in [0.2, 0.25) is 0 Å². The molecule has 1 aromatic heterocycles. The van der Waals surface area contributed by atoms with Crippen molar-refractivity contribution >= 4 is 17.2 Å². The Hall–Kier alpha value is -0.870. The van der Waals surface area contributed by atoms with Crippen molar-refractivity contribution in [1.82, 2.24) is 4.90 Å². The molecule has 0 saturated carbocycles. The van der Waals surface area contributed by atoms with E-state index in [9.17, 15) is 4.79 Å². The highest BCUT2D eigenvalue weighted by atomic mass is 32.1. The minimum absolute atomic E-state index is 0.107. The molecule has 1 fully saturated rings. The largest absolute Gasteiger partial charge is 0.379 e. The molecule has 4 heteroatoms. The van der Waals surface area contributed by atoms with Crippen molar-refractivity contribution in [3.8, 4) is 0 Å². The third-order valence-corrected chi connectivity index (χ3v) is 3.36. The molecule has 1 amide bonds. The van der Waals surface area contributed by atoms with Crippen LogP contribution >= 0.6 is 11.3 Å². The fraction of sp³-hybridized carbons (Fsp3) is 0.500. The van der Waals surface area contributed by atoms with Crippen molar-refractivity contribution in [2.24, 2.45) is 0 Å². The summed E-state index contributed by atoms with van der Waals surface area (Å²) < 4.78 is 5.26. The van der Waals surface area contributed by atoms with Crippen LogP contribution in [0.4, 0.5) is 0 Å². The molecule has 0 spiro atoms. The van der Waals surface area contributed by atoms with E-state index in [1.165, 1.54) is 11.3 Å². The highest BCUT2D eigenvalue weighted by Crippen LogP contribution is 2.16. The summed E-state index contributed by atoms with van der Waals surface area (Å²) in [5.74, 6) is 0.107. The van der Waals surface area contributed by atoms with Crippen LogP contribution < -0.4 is 0 Å². The SMILES string of the molecule is CN(C(=O)c1cccs1)C1CCOC1. The van der Waals surface area contributed by atoms with Crippen molar-refractivity contribution in [2.45, 2.75) is 12.5 Å². The Bertz CT molecular complexity index is 304. The van der Waals surface area contributed by atoms with Crippen molar-refractivity contribution in [2.75, 3.05) is 20.3 Å². The van der Waals surface area contributed by atoms with E-state index >= 15 is 0 Å². The van der Waals surface area contributed by atoms with E-state index in [1.807, 2.05) is 24.6 Å². The number of carbonyl (C=O) groups excluding carboxylic acids is 1. The van der Waals surface area contributed by atoms with Crippen LogP contribution in [-0.2, 0) is 4.74 Å². The molecule has 1 saturated heterocycles. The number of amides is 1. The first-order valence-electron chi connectivity index (χ1n) is 4.67. The highest BCUT2D eigenvalue weighted by molar-refractivity contribution is 7.12. The third-order valence-electron chi connectivity index (χ3n) is 2.51. The number of likely N-dealkylation sites (N-methyl/N-ethyl adjacent to an activating group) is 1. The molecule has 0 radical (unpaired) electrons. The molecular weight excluding hydrogens is 198 g/mol. The maximum Gasteiger partial charge on any atom is 0.263 e. The summed E-state index contributed by atoms with van der Waals surface area (Å²) in [6.45, 7) is 1.44. The lowest BCUT2D eigenvalue weighted by atomic mass is 10.2. The number of carbonyl (C=O) groups is 1. The number of hydrogen-bond donors (Lipinski definition) is 0. The number of nitrogens with zero attached hydrogens (tertiary/aromatic N) is 1. The van der Waals surface area contributed by atoms with Crippen LogP contribution in [0, 0.1) is 0 Å². The van der Waals surface area contributed by atoms with Gasteiger partial charge >= 0.3 is 0 Å². The van der Waals surface area contributed by atoms with Gasteiger partial charge in [-0.1, -0.05) is 6.07 Å². The van der Waals surface area contributed by atoms with Gasteiger partial charge in [0.25, 0.3) is 5.91 Å². The fourth-order valence-electron chi connectivity index (χ4n) is 1.57. The molecule has 2 rings (SSSR count). The average Bonchev–Trinajstić information content (AvgIpc) is 2.87. The summed E-state index contributed by atoms with van der Waals surface area (Å²) >= 11 is 1.49. The predicted molar refractivity (Wildman–Crippen MR) is 55.6 cm³/mol. The number of rotatable bonds is 2. The van der Waals surface area contributed by atoms with Gasteiger partial charge in [-0.2, -0.15) is 0 Å². The Kier molecular flexibility index (Phi) is 2.84. The zero-order chi connectivity index (χ0) is 9.97. The normalized spacial score (nSPS) is 21.1. The molecule has 0 aromatic carbocycles. The summed E-state index contributed by atoms with van der Waals surface area (Å²) in [6.07, 6.45) is 0.952. The van der Waals surface area contributed by atoms with Gasteiger partial charge in [-0.05, 0) is 17.9 Å². The molecule has 1 atom stereocenters. The summed E-state index contributed by atoms with van der Waals surface area (Å²) in [5, 5.41) is 1.92. The Morgan fingerprint density at radius 3 is 3.14 bits per heavy atom. The molecule has 1 unspecified atom stereocenters. The quantitative estimate of drug-likeness (QED) is 0.743. The van der Waals surface area contributed by atoms with E-state index < -0.39 is 0 Å². The van der Waals surface area contributed by atoms with Crippen LogP contribution in [-0.4, -0.2) is 37.1 Å². The predicted octanol–water partition coefficient (Wildman–Crippen LogP) is 1.61. The number of thiophene rings is 1. The van der Waals surface area contributed by atoms with Crippen molar-refractivity contribution in [3.63, 3.8) is 0 Å². The maximum absolute atomic E-state index is 11.9. The van der Waals surface area contributed by atoms with Crippen molar-refractivity contribution in [1.29, 1.82) is 0 Å². The zero-order valence-electron chi connectivity index (χ0n) is 8.10. The topological polar surface area (TPSA) is 29.5 Å². The van der Waals surface area contributed by atoms with Crippen LogP contribution in [0.15, 0.2) is 17.5 Å². The lowest BCUT2D eigenvalue weighted by Gasteiger charge is -2.22. The first kappa shape index (κ1) is 9.68. The molecule has 0 aliphatic carbocycles. The Morgan fingerprint density at radius 1 is 1.71 bits per heavy atom. The molecule has 1 aliphatic heterocycles. The van der Waals surface area contributed by atoms with Gasteiger partial charge in [-0.15, -0.1) is 11.3 Å². The number of hydrogen-bond acceptors (Lipinski definition) is 3. The average molecular weight is 211 g/mol. The monoisotopic (exact) mass is 211 g/mol. The van der Waals surface area contributed by atoms with Crippen LogP contribution in [0.5, 0.6) is 0 Å². The molecule has 0 bridgehead atoms. The van der Waals surface area contributed by atoms with Gasteiger partial charge in [-0.25, -0.2) is 0 Å². The Morgan fingerprint density at radius 2 is 2.57 bits per heavy atom. The summed E-state index contributed by atoms with van der Waals surface area (Å²) in [4.78, 5) is 14.5. The standard InChI is InChI=1S/C10H13NO2S/c1-11(8-4-5-13-7-8)10(12)9-3-2-6-14-9/h2-3,6,8H,4-5,7H2,1H3. The minimum Gasteiger partial charge on any atom is -0.379 e. The van der Waals surface area contributed by atoms with Gasteiger partial charge in [0.15, 0.2) is 0 Å². The van der Waals surface area contributed by atoms with Crippen LogP contribution in [0.3, 0.4) is 0 Å². The van der Waals surface area contributed by atoms with E-state index in [1.54, 1.807) is 4.90 Å². The van der Waals surface area contributed by atoms with E-state index in [4.69, 9.17) is 4.74 Å². The summed E-state index contributed by atoms with van der Waals surface area (Å²) in [6, 6.07) is 4.01. The van der Waals surface area contributed by atoms with Gasteiger partial charge in [0.2, 0.25) is 0 Å². The Balaban J connectivity index is 2.04. The molecular formula is C10H13NO2S. The van der Waals surface area contributed by atoms with Crippen LogP contribution in [0.25, 0.3) is 0 Å². The molecule has 2 heterocycles. The smallest absolute Gasteiger partial charge is 0.263 e. The first-order valence-corrected chi connectivity index (χ1v) is 5.55. The Labute approximate surface area is 87.3 Å². The van der Waals surface area contributed by atoms with Crippen LogP contribution in [0.1, 0.15) is 16.1 Å². The highest BCUT2D eigenvalue weighted by Gasteiger charge is 2.25. The fourth-order valence-corrected chi connectivity index (χ4v) is 2.27. The molecule has 1 aliphatic rings. The van der Waals surface area contributed by atoms with Gasteiger partial charge in [0, 0.05) is 13.7 Å².